The Kier molecular flexibility index (Phi) is 8.69. The summed E-state index contributed by atoms with van der Waals surface area (Å²) in [5, 5.41) is 18.9. The summed E-state index contributed by atoms with van der Waals surface area (Å²) in [6.45, 7) is 7.44. The molecule has 0 bridgehead atoms. The summed E-state index contributed by atoms with van der Waals surface area (Å²) >= 11 is 0. The number of carbonyl (C=O) groups excluding carboxylic acids is 2. The summed E-state index contributed by atoms with van der Waals surface area (Å²) in [5.41, 5.74) is -0.135. The molecule has 2 amide bonds. The highest BCUT2D eigenvalue weighted by Crippen LogP contribution is 2.55. The molecule has 1 atom stereocenters. The molecule has 1 spiro atoms. The molecule has 2 aromatic rings. The molecule has 240 valence electrons. The number of alkyl halides is 3. The van der Waals surface area contributed by atoms with E-state index in [0.29, 0.717) is 37.2 Å². The fraction of sp³-hybridized carbons (Fsp3) is 0.600. The molecule has 2 aliphatic heterocycles. The van der Waals surface area contributed by atoms with Crippen LogP contribution in [0.2, 0.25) is 0 Å². The van der Waals surface area contributed by atoms with Gasteiger partial charge in [0.2, 0.25) is 11.9 Å². The Balaban J connectivity index is 1.41. The van der Waals surface area contributed by atoms with Crippen LogP contribution in [0.15, 0.2) is 24.4 Å². The van der Waals surface area contributed by atoms with Gasteiger partial charge in [0.25, 0.3) is 5.91 Å². The maximum atomic E-state index is 13.5. The molecule has 1 aromatic carbocycles. The average molecular weight is 620 g/mol. The van der Waals surface area contributed by atoms with Gasteiger partial charge in [-0.05, 0) is 89.1 Å². The lowest BCUT2D eigenvalue weighted by molar-refractivity contribution is -0.274. The predicted molar refractivity (Wildman–Crippen MR) is 159 cm³/mol. The van der Waals surface area contributed by atoms with Crippen LogP contribution in [0.4, 0.5) is 36.3 Å². The van der Waals surface area contributed by atoms with Gasteiger partial charge in [-0.3, -0.25) is 9.59 Å². The minimum absolute atomic E-state index is 0.000125. The Labute approximate surface area is 254 Å². The summed E-state index contributed by atoms with van der Waals surface area (Å²) in [5.74, 6) is -0.787. The second-order valence-corrected chi connectivity index (χ2v) is 12.4. The molecular formula is C30H40F3N7O4. The van der Waals surface area contributed by atoms with E-state index in [1.54, 1.807) is 7.05 Å². The topological polar surface area (TPSA) is 132 Å². The number of nitrogens with zero attached hydrogens (tertiary/aromatic N) is 4. The first-order valence-corrected chi connectivity index (χ1v) is 15.0. The van der Waals surface area contributed by atoms with E-state index in [9.17, 15) is 27.9 Å². The zero-order valence-electron chi connectivity index (χ0n) is 25.4. The Morgan fingerprint density at radius 3 is 2.57 bits per heavy atom. The van der Waals surface area contributed by atoms with Crippen molar-refractivity contribution in [1.29, 1.82) is 0 Å². The highest BCUT2D eigenvalue weighted by molar-refractivity contribution is 6.04. The van der Waals surface area contributed by atoms with Gasteiger partial charge < -0.3 is 35.6 Å². The minimum Gasteiger partial charge on any atom is -0.404 e. The second-order valence-electron chi connectivity index (χ2n) is 12.4. The van der Waals surface area contributed by atoms with E-state index in [1.807, 2.05) is 25.7 Å². The third-order valence-electron chi connectivity index (χ3n) is 9.03. The van der Waals surface area contributed by atoms with E-state index >= 15 is 0 Å². The number of hydrogen-bond acceptors (Lipinski definition) is 9. The molecule has 14 heteroatoms. The molecule has 3 aliphatic rings. The maximum Gasteiger partial charge on any atom is 0.573 e. The number of likely N-dealkylation sites (N-methyl/N-ethyl adjacent to an activating group) is 1. The van der Waals surface area contributed by atoms with Crippen molar-refractivity contribution in [2.45, 2.75) is 83.3 Å². The number of aliphatic hydroxyl groups is 1. The largest absolute Gasteiger partial charge is 0.573 e. The molecule has 1 aliphatic carbocycles. The maximum absolute atomic E-state index is 13.5. The van der Waals surface area contributed by atoms with Crippen molar-refractivity contribution in [2.75, 3.05) is 41.9 Å². The number of nitrogens with one attached hydrogen (secondary N) is 3. The van der Waals surface area contributed by atoms with Crippen molar-refractivity contribution in [3.63, 3.8) is 0 Å². The Morgan fingerprint density at radius 1 is 1.25 bits per heavy atom. The number of hydrogen-bond donors (Lipinski definition) is 4. The van der Waals surface area contributed by atoms with Gasteiger partial charge in [-0.25, -0.2) is 4.98 Å². The quantitative estimate of drug-likeness (QED) is 0.328. The van der Waals surface area contributed by atoms with Gasteiger partial charge in [-0.2, -0.15) is 4.98 Å². The van der Waals surface area contributed by atoms with Crippen molar-refractivity contribution in [3.05, 3.63) is 30.0 Å². The van der Waals surface area contributed by atoms with Crippen molar-refractivity contribution in [1.82, 2.24) is 20.6 Å². The van der Waals surface area contributed by atoms with Crippen molar-refractivity contribution >= 4 is 35.0 Å². The van der Waals surface area contributed by atoms with E-state index in [2.05, 4.69) is 30.7 Å². The monoisotopic (exact) mass is 619 g/mol. The van der Waals surface area contributed by atoms with Crippen LogP contribution >= 0.6 is 0 Å². The smallest absolute Gasteiger partial charge is 0.404 e. The number of aromatic nitrogens is 2. The molecule has 2 fully saturated rings. The molecule has 1 saturated heterocycles. The zero-order chi connectivity index (χ0) is 31.9. The number of halogens is 3. The molecule has 1 saturated carbocycles. The van der Waals surface area contributed by atoms with Crippen molar-refractivity contribution in [3.8, 4) is 5.75 Å². The molecule has 4 N–H and O–H groups in total. The SMILES string of the molecule is CC[C@@H]1C(=O)N(C)c2cnc(Nc3ccc(C(=O)NC4(CCO)CC5(CCNCC5)C4)cc3OC(F)(F)F)nc2N1C(C)C. The van der Waals surface area contributed by atoms with E-state index in [-0.39, 0.29) is 41.2 Å². The van der Waals surface area contributed by atoms with Crippen LogP contribution in [0.1, 0.15) is 69.7 Å². The summed E-state index contributed by atoms with van der Waals surface area (Å²) in [4.78, 5) is 38.5. The molecule has 44 heavy (non-hydrogen) atoms. The average Bonchev–Trinajstić information content (AvgIpc) is 2.94. The number of rotatable bonds is 9. The predicted octanol–water partition coefficient (Wildman–Crippen LogP) is 4.10. The van der Waals surface area contributed by atoms with Gasteiger partial charge in [0.15, 0.2) is 11.6 Å². The summed E-state index contributed by atoms with van der Waals surface area (Å²) < 4.78 is 44.8. The van der Waals surface area contributed by atoms with Crippen LogP contribution < -0.4 is 30.5 Å². The van der Waals surface area contributed by atoms with Crippen molar-refractivity contribution < 1.29 is 32.6 Å². The third-order valence-corrected chi connectivity index (χ3v) is 9.03. The van der Waals surface area contributed by atoms with E-state index in [1.165, 1.54) is 23.2 Å². The Morgan fingerprint density at radius 2 is 1.95 bits per heavy atom. The van der Waals surface area contributed by atoms with Crippen LogP contribution in [0, 0.1) is 5.41 Å². The van der Waals surface area contributed by atoms with E-state index in [0.717, 1.165) is 32.0 Å². The van der Waals surface area contributed by atoms with Gasteiger partial charge in [-0.15, -0.1) is 13.2 Å². The number of benzene rings is 1. The second kappa shape index (κ2) is 12.0. The van der Waals surface area contributed by atoms with Crippen LogP contribution in [-0.4, -0.2) is 77.6 Å². The van der Waals surface area contributed by atoms with Crippen LogP contribution in [0.5, 0.6) is 5.75 Å². The molecular weight excluding hydrogens is 579 g/mol. The fourth-order valence-electron chi connectivity index (χ4n) is 7.08. The van der Waals surface area contributed by atoms with Gasteiger partial charge in [0.05, 0.1) is 11.9 Å². The van der Waals surface area contributed by atoms with Crippen LogP contribution in [0.25, 0.3) is 0 Å². The fourth-order valence-corrected chi connectivity index (χ4v) is 7.08. The number of aliphatic hydroxyl groups excluding tert-OH is 1. The zero-order valence-corrected chi connectivity index (χ0v) is 25.4. The molecule has 11 nitrogen and oxygen atoms in total. The van der Waals surface area contributed by atoms with Crippen LogP contribution in [0.3, 0.4) is 0 Å². The third kappa shape index (κ3) is 6.27. The first-order chi connectivity index (χ1) is 20.8. The van der Waals surface area contributed by atoms with Crippen LogP contribution in [-0.2, 0) is 4.79 Å². The van der Waals surface area contributed by atoms with E-state index < -0.39 is 29.6 Å². The lowest BCUT2D eigenvalue weighted by Gasteiger charge is -2.58. The van der Waals surface area contributed by atoms with Gasteiger partial charge in [-0.1, -0.05) is 6.92 Å². The Hall–Kier alpha value is -3.65. The number of fused-ring (bicyclic) bond motifs is 1. The number of carbonyl (C=O) groups is 2. The summed E-state index contributed by atoms with van der Waals surface area (Å²) in [6, 6.07) is 3.22. The summed E-state index contributed by atoms with van der Waals surface area (Å²) in [6.07, 6.45) is 0.702. The molecule has 1 aromatic heterocycles. The lowest BCUT2D eigenvalue weighted by Crippen LogP contribution is -2.64. The lowest BCUT2D eigenvalue weighted by atomic mass is 9.52. The number of piperidine rings is 1. The van der Waals surface area contributed by atoms with E-state index in [4.69, 9.17) is 0 Å². The van der Waals surface area contributed by atoms with Gasteiger partial charge in [0, 0.05) is 30.8 Å². The molecule has 0 unspecified atom stereocenters. The summed E-state index contributed by atoms with van der Waals surface area (Å²) in [7, 11) is 1.64. The normalized spacial score (nSPS) is 20.8. The highest BCUT2D eigenvalue weighted by atomic mass is 19.4. The number of ether oxygens (including phenoxy) is 1. The minimum atomic E-state index is -5.03. The van der Waals surface area contributed by atoms with Gasteiger partial charge in [0.1, 0.15) is 11.7 Å². The van der Waals surface area contributed by atoms with Crippen molar-refractivity contribution in [2.24, 2.45) is 5.41 Å². The molecule has 0 radical (unpaired) electrons. The molecule has 3 heterocycles. The standard InChI is InChI=1S/C30H40F3N7O4/c1-5-21-26(43)39(4)22-15-35-27(37-24(22)40(21)18(2)3)36-20-7-6-19(14-23(20)44-30(31,32)33)25(42)38-29(10-13-41)16-28(17-29)8-11-34-12-9-28/h6-7,14-15,18,21,34,41H,5,8-13,16-17H2,1-4H3,(H,38,42)(H,35,36,37)/t21-/m1/s1. The highest BCUT2D eigenvalue weighted by Gasteiger charge is 2.54. The number of anilines is 4. The molecule has 5 rings (SSSR count). The van der Waals surface area contributed by atoms with Gasteiger partial charge >= 0.3 is 6.36 Å². The first kappa shape index (κ1) is 31.8. The number of amides is 2. The first-order valence-electron chi connectivity index (χ1n) is 15.0. The Bertz CT molecular complexity index is 1390.